The van der Waals surface area contributed by atoms with Crippen molar-refractivity contribution in [3.63, 3.8) is 0 Å². The van der Waals surface area contributed by atoms with Crippen molar-refractivity contribution in [1.29, 1.82) is 0 Å². The first-order valence-corrected chi connectivity index (χ1v) is 6.26. The summed E-state index contributed by atoms with van der Waals surface area (Å²) in [6, 6.07) is 1.85. The van der Waals surface area contributed by atoms with Gasteiger partial charge in [0.1, 0.15) is 13.1 Å². The second-order valence-corrected chi connectivity index (χ2v) is 4.58. The van der Waals surface area contributed by atoms with Crippen LogP contribution in [0.15, 0.2) is 16.8 Å². The molecule has 1 N–H and O–H groups in total. The van der Waals surface area contributed by atoms with E-state index in [2.05, 4.69) is 15.4 Å². The maximum atomic E-state index is 11.7. The molecule has 0 bridgehead atoms. The van der Waals surface area contributed by atoms with Crippen molar-refractivity contribution in [2.75, 3.05) is 13.6 Å². The topological polar surface area (TPSA) is 101 Å². The van der Waals surface area contributed by atoms with Gasteiger partial charge < -0.3 is 10.0 Å². The Balaban J connectivity index is 2.00. The quantitative estimate of drug-likeness (QED) is 0.824. The van der Waals surface area contributed by atoms with Gasteiger partial charge in [0.15, 0.2) is 0 Å². The summed E-state index contributed by atoms with van der Waals surface area (Å²) in [6.07, 6.45) is 0. The first-order valence-electron chi connectivity index (χ1n) is 5.32. The average molecular weight is 281 g/mol. The van der Waals surface area contributed by atoms with Crippen LogP contribution in [0.4, 0.5) is 0 Å². The van der Waals surface area contributed by atoms with Crippen molar-refractivity contribution in [3.8, 4) is 11.4 Å². The van der Waals surface area contributed by atoms with Crippen LogP contribution in [-0.2, 0) is 16.1 Å². The van der Waals surface area contributed by atoms with Crippen molar-refractivity contribution >= 4 is 23.2 Å². The summed E-state index contributed by atoms with van der Waals surface area (Å²) in [4.78, 5) is 24.4. The van der Waals surface area contributed by atoms with Crippen LogP contribution >= 0.6 is 11.3 Å². The molecule has 0 saturated carbocycles. The van der Waals surface area contributed by atoms with Gasteiger partial charge in [-0.05, 0) is 16.7 Å². The Bertz CT molecular complexity index is 580. The van der Waals surface area contributed by atoms with E-state index in [4.69, 9.17) is 5.11 Å². The molecule has 0 radical (unpaired) electrons. The third kappa shape index (κ3) is 3.35. The van der Waals surface area contributed by atoms with Crippen LogP contribution < -0.4 is 0 Å². The van der Waals surface area contributed by atoms with E-state index in [1.807, 2.05) is 16.8 Å². The largest absolute Gasteiger partial charge is 0.480 e. The number of nitrogens with zero attached hydrogens (tertiary/aromatic N) is 5. The Morgan fingerprint density at radius 2 is 2.32 bits per heavy atom. The van der Waals surface area contributed by atoms with Crippen LogP contribution in [0.25, 0.3) is 11.4 Å². The van der Waals surface area contributed by atoms with Gasteiger partial charge in [-0.25, -0.2) is 0 Å². The molecular weight excluding hydrogens is 270 g/mol. The van der Waals surface area contributed by atoms with Gasteiger partial charge in [-0.15, -0.1) is 10.2 Å². The van der Waals surface area contributed by atoms with Crippen LogP contribution in [0.3, 0.4) is 0 Å². The fourth-order valence-electron chi connectivity index (χ4n) is 1.35. The average Bonchev–Trinajstić information content (AvgIpc) is 2.96. The summed E-state index contributed by atoms with van der Waals surface area (Å²) in [5.74, 6) is -1.02. The van der Waals surface area contributed by atoms with Crippen LogP contribution in [0, 0.1) is 0 Å². The molecule has 2 rings (SSSR count). The van der Waals surface area contributed by atoms with E-state index in [-0.39, 0.29) is 13.1 Å². The molecule has 100 valence electrons. The summed E-state index contributed by atoms with van der Waals surface area (Å²) in [5, 5.41) is 24.0. The molecule has 0 unspecified atom stereocenters. The molecule has 1 amide bonds. The SMILES string of the molecule is CN(CC(=O)O)C(=O)Cn1nnc(-c2ccsc2)n1. The number of rotatable bonds is 5. The third-order valence-corrected chi connectivity index (χ3v) is 2.99. The highest BCUT2D eigenvalue weighted by molar-refractivity contribution is 7.08. The van der Waals surface area contributed by atoms with Gasteiger partial charge in [0.2, 0.25) is 11.7 Å². The highest BCUT2D eigenvalue weighted by atomic mass is 32.1. The number of aromatic nitrogens is 4. The summed E-state index contributed by atoms with van der Waals surface area (Å²) in [6.45, 7) is -0.494. The van der Waals surface area contributed by atoms with Crippen LogP contribution in [0.5, 0.6) is 0 Å². The second-order valence-electron chi connectivity index (χ2n) is 3.80. The molecular formula is C10H11N5O3S. The number of carbonyl (C=O) groups excluding carboxylic acids is 1. The van der Waals surface area contributed by atoms with E-state index in [9.17, 15) is 9.59 Å². The monoisotopic (exact) mass is 281 g/mol. The Kier molecular flexibility index (Phi) is 3.85. The summed E-state index contributed by atoms with van der Waals surface area (Å²) < 4.78 is 0. The smallest absolute Gasteiger partial charge is 0.323 e. The lowest BCUT2D eigenvalue weighted by Crippen LogP contribution is -2.34. The Morgan fingerprint density at radius 1 is 1.53 bits per heavy atom. The Labute approximate surface area is 112 Å². The van der Waals surface area contributed by atoms with E-state index in [0.29, 0.717) is 5.82 Å². The summed E-state index contributed by atoms with van der Waals surface area (Å²) in [7, 11) is 1.41. The minimum Gasteiger partial charge on any atom is -0.480 e. The van der Waals surface area contributed by atoms with Crippen molar-refractivity contribution in [3.05, 3.63) is 16.8 Å². The highest BCUT2D eigenvalue weighted by Gasteiger charge is 2.15. The van der Waals surface area contributed by atoms with Gasteiger partial charge in [-0.3, -0.25) is 9.59 Å². The molecule has 0 aliphatic heterocycles. The predicted molar refractivity (Wildman–Crippen MR) is 66.4 cm³/mol. The van der Waals surface area contributed by atoms with Crippen molar-refractivity contribution in [1.82, 2.24) is 25.1 Å². The number of thiophene rings is 1. The molecule has 0 fully saturated rings. The zero-order chi connectivity index (χ0) is 13.8. The molecule has 0 aromatic carbocycles. The van der Waals surface area contributed by atoms with Crippen molar-refractivity contribution in [2.45, 2.75) is 6.54 Å². The number of tetrazole rings is 1. The summed E-state index contributed by atoms with van der Waals surface area (Å²) in [5.41, 5.74) is 0.836. The number of aliphatic carboxylic acids is 1. The van der Waals surface area contributed by atoms with Gasteiger partial charge in [0.05, 0.1) is 0 Å². The number of carboxylic acids is 1. The van der Waals surface area contributed by atoms with Crippen LogP contribution in [-0.4, -0.2) is 55.7 Å². The molecule has 2 aromatic heterocycles. The molecule has 2 aromatic rings. The lowest BCUT2D eigenvalue weighted by atomic mass is 10.3. The lowest BCUT2D eigenvalue weighted by molar-refractivity contribution is -0.143. The van der Waals surface area contributed by atoms with Gasteiger partial charge >= 0.3 is 5.97 Å². The van der Waals surface area contributed by atoms with Crippen LogP contribution in [0.1, 0.15) is 0 Å². The van der Waals surface area contributed by atoms with Crippen molar-refractivity contribution < 1.29 is 14.7 Å². The minimum absolute atomic E-state index is 0.138. The molecule has 0 atom stereocenters. The van der Waals surface area contributed by atoms with Gasteiger partial charge in [-0.2, -0.15) is 16.1 Å². The third-order valence-electron chi connectivity index (χ3n) is 2.31. The van der Waals surface area contributed by atoms with Crippen molar-refractivity contribution in [2.24, 2.45) is 0 Å². The molecule has 0 aliphatic carbocycles. The molecule has 19 heavy (non-hydrogen) atoms. The second kappa shape index (κ2) is 5.57. The number of amides is 1. The van der Waals surface area contributed by atoms with Crippen LogP contribution in [0.2, 0.25) is 0 Å². The zero-order valence-electron chi connectivity index (χ0n) is 10.1. The maximum Gasteiger partial charge on any atom is 0.323 e. The molecule has 8 nitrogen and oxygen atoms in total. The van der Waals surface area contributed by atoms with E-state index >= 15 is 0 Å². The number of carboxylic acid groups (broad SMARTS) is 1. The normalized spacial score (nSPS) is 10.4. The van der Waals surface area contributed by atoms with E-state index < -0.39 is 11.9 Å². The molecule has 2 heterocycles. The molecule has 0 aliphatic rings. The van der Waals surface area contributed by atoms with E-state index in [1.165, 1.54) is 18.4 Å². The zero-order valence-corrected chi connectivity index (χ0v) is 10.9. The molecule has 0 saturated heterocycles. The fraction of sp³-hybridized carbons (Fsp3) is 0.300. The maximum absolute atomic E-state index is 11.7. The predicted octanol–water partition coefficient (Wildman–Crippen LogP) is -0.0554. The number of hydrogen-bond donors (Lipinski definition) is 1. The molecule has 9 heteroatoms. The number of likely N-dealkylation sites (N-methyl/N-ethyl adjacent to an activating group) is 1. The summed E-state index contributed by atoms with van der Waals surface area (Å²) >= 11 is 1.51. The molecule has 0 spiro atoms. The highest BCUT2D eigenvalue weighted by Crippen LogP contribution is 2.16. The fourth-order valence-corrected chi connectivity index (χ4v) is 1.98. The minimum atomic E-state index is -1.07. The number of hydrogen-bond acceptors (Lipinski definition) is 6. The standard InChI is InChI=1S/C10H11N5O3S/c1-14(5-9(17)18)8(16)4-15-12-10(11-13-15)7-2-3-19-6-7/h2-3,6H,4-5H2,1H3,(H,17,18). The Hall–Kier alpha value is -2.29. The Morgan fingerprint density at radius 3 is 2.95 bits per heavy atom. The van der Waals surface area contributed by atoms with E-state index in [1.54, 1.807) is 0 Å². The lowest BCUT2D eigenvalue weighted by Gasteiger charge is -2.13. The van der Waals surface area contributed by atoms with Gasteiger partial charge in [-0.1, -0.05) is 0 Å². The van der Waals surface area contributed by atoms with Gasteiger partial charge in [0.25, 0.3) is 0 Å². The van der Waals surface area contributed by atoms with Gasteiger partial charge in [0, 0.05) is 18.0 Å². The number of carbonyl (C=O) groups is 2. The first-order chi connectivity index (χ1) is 9.06. The first kappa shape index (κ1) is 13.1. The van der Waals surface area contributed by atoms with E-state index in [0.717, 1.165) is 15.3 Å².